The third-order valence-corrected chi connectivity index (χ3v) is 4.40. The first-order chi connectivity index (χ1) is 10.1. The topological polar surface area (TPSA) is 30.5 Å². The van der Waals surface area contributed by atoms with E-state index >= 15 is 0 Å². The first-order valence-corrected chi connectivity index (χ1v) is 8.09. The highest BCUT2D eigenvalue weighted by molar-refractivity contribution is 6.31. The second-order valence-electron chi connectivity index (χ2n) is 5.31. The van der Waals surface area contributed by atoms with Crippen molar-refractivity contribution in [2.24, 2.45) is 5.92 Å². The molecule has 0 fully saturated rings. The number of ether oxygens (including phenoxy) is 2. The van der Waals surface area contributed by atoms with Crippen LogP contribution >= 0.6 is 11.6 Å². The van der Waals surface area contributed by atoms with Crippen LogP contribution in [0, 0.1) is 5.92 Å². The molecule has 4 heteroatoms. The van der Waals surface area contributed by atoms with Gasteiger partial charge in [-0.15, -0.1) is 0 Å². The summed E-state index contributed by atoms with van der Waals surface area (Å²) in [4.78, 5) is 0. The van der Waals surface area contributed by atoms with E-state index in [2.05, 4.69) is 19.2 Å². The Morgan fingerprint density at radius 2 is 1.76 bits per heavy atom. The maximum Gasteiger partial charge on any atom is 0.162 e. The van der Waals surface area contributed by atoms with Crippen molar-refractivity contribution >= 4 is 11.6 Å². The molecule has 0 amide bonds. The largest absolute Gasteiger partial charge is 0.493 e. The van der Waals surface area contributed by atoms with Crippen LogP contribution < -0.4 is 14.8 Å². The van der Waals surface area contributed by atoms with Crippen molar-refractivity contribution < 1.29 is 9.47 Å². The van der Waals surface area contributed by atoms with Crippen LogP contribution in [0.15, 0.2) is 12.1 Å². The fraction of sp³-hybridized carbons (Fsp3) is 0.647. The minimum Gasteiger partial charge on any atom is -0.493 e. The summed E-state index contributed by atoms with van der Waals surface area (Å²) in [6.45, 7) is 4.46. The average Bonchev–Trinajstić information content (AvgIpc) is 2.51. The van der Waals surface area contributed by atoms with Gasteiger partial charge in [-0.1, -0.05) is 44.7 Å². The minimum atomic E-state index is 0.230. The summed E-state index contributed by atoms with van der Waals surface area (Å²) in [6, 6.07) is 4.07. The van der Waals surface area contributed by atoms with E-state index in [1.165, 1.54) is 19.3 Å². The van der Waals surface area contributed by atoms with Crippen LogP contribution in [-0.4, -0.2) is 21.3 Å². The molecule has 0 saturated heterocycles. The van der Waals surface area contributed by atoms with Crippen LogP contribution in [-0.2, 0) is 0 Å². The van der Waals surface area contributed by atoms with E-state index in [1.807, 2.05) is 19.2 Å². The summed E-state index contributed by atoms with van der Waals surface area (Å²) in [6.07, 6.45) is 4.77. The number of rotatable bonds is 9. The summed E-state index contributed by atoms with van der Waals surface area (Å²) < 4.78 is 10.7. The predicted molar refractivity (Wildman–Crippen MR) is 89.7 cm³/mol. The molecule has 21 heavy (non-hydrogen) atoms. The smallest absolute Gasteiger partial charge is 0.162 e. The van der Waals surface area contributed by atoms with E-state index in [1.54, 1.807) is 14.2 Å². The molecule has 1 rings (SSSR count). The van der Waals surface area contributed by atoms with E-state index in [0.717, 1.165) is 22.8 Å². The molecular formula is C17H28ClNO2. The quantitative estimate of drug-likeness (QED) is 0.708. The Balaban J connectivity index is 3.14. The molecule has 1 N–H and O–H groups in total. The van der Waals surface area contributed by atoms with Crippen molar-refractivity contribution in [1.82, 2.24) is 5.32 Å². The fourth-order valence-corrected chi connectivity index (χ4v) is 3.10. The molecule has 0 aliphatic heterocycles. The Bertz CT molecular complexity index is 437. The summed E-state index contributed by atoms with van der Waals surface area (Å²) in [5.74, 6) is 1.95. The lowest BCUT2D eigenvalue weighted by Gasteiger charge is -2.28. The second-order valence-corrected chi connectivity index (χ2v) is 5.71. The predicted octanol–water partition coefficient (Wildman–Crippen LogP) is 4.83. The third kappa shape index (κ3) is 4.52. The van der Waals surface area contributed by atoms with Crippen molar-refractivity contribution in [2.75, 3.05) is 21.3 Å². The number of nitrogens with one attached hydrogen (secondary N) is 1. The zero-order valence-corrected chi connectivity index (χ0v) is 14.6. The molecule has 0 aromatic heterocycles. The molecule has 2 atom stereocenters. The first kappa shape index (κ1) is 18.1. The molecule has 0 bridgehead atoms. The van der Waals surface area contributed by atoms with Crippen molar-refractivity contribution in [3.8, 4) is 11.5 Å². The Morgan fingerprint density at radius 1 is 1.14 bits per heavy atom. The van der Waals surface area contributed by atoms with Crippen molar-refractivity contribution in [1.29, 1.82) is 0 Å². The highest BCUT2D eigenvalue weighted by Gasteiger charge is 2.23. The Labute approximate surface area is 134 Å². The van der Waals surface area contributed by atoms with Crippen LogP contribution in [0.2, 0.25) is 5.02 Å². The fourth-order valence-electron chi connectivity index (χ4n) is 2.83. The van der Waals surface area contributed by atoms with Gasteiger partial charge in [0.2, 0.25) is 0 Å². The summed E-state index contributed by atoms with van der Waals surface area (Å²) in [5, 5.41) is 4.15. The molecule has 0 saturated carbocycles. The number of benzene rings is 1. The average molecular weight is 314 g/mol. The number of hydrogen-bond acceptors (Lipinski definition) is 3. The van der Waals surface area contributed by atoms with E-state index in [4.69, 9.17) is 21.1 Å². The molecule has 1 aromatic rings. The normalized spacial score (nSPS) is 13.8. The van der Waals surface area contributed by atoms with E-state index in [0.29, 0.717) is 11.7 Å². The van der Waals surface area contributed by atoms with Crippen molar-refractivity contribution in [3.63, 3.8) is 0 Å². The van der Waals surface area contributed by atoms with Gasteiger partial charge in [0.25, 0.3) is 0 Å². The lowest BCUT2D eigenvalue weighted by Crippen LogP contribution is -2.25. The van der Waals surface area contributed by atoms with Gasteiger partial charge < -0.3 is 14.8 Å². The van der Waals surface area contributed by atoms with Gasteiger partial charge in [-0.25, -0.2) is 0 Å². The van der Waals surface area contributed by atoms with E-state index < -0.39 is 0 Å². The van der Waals surface area contributed by atoms with Gasteiger partial charge in [0.05, 0.1) is 14.2 Å². The Morgan fingerprint density at radius 3 is 2.24 bits per heavy atom. The minimum absolute atomic E-state index is 0.230. The number of hydrogen-bond donors (Lipinski definition) is 1. The maximum atomic E-state index is 6.47. The molecule has 0 aliphatic carbocycles. The van der Waals surface area contributed by atoms with Gasteiger partial charge in [0, 0.05) is 17.1 Å². The molecule has 0 radical (unpaired) electrons. The zero-order chi connectivity index (χ0) is 15.8. The summed E-state index contributed by atoms with van der Waals surface area (Å²) in [5.41, 5.74) is 1.08. The van der Waals surface area contributed by atoms with E-state index in [9.17, 15) is 0 Å². The zero-order valence-electron chi connectivity index (χ0n) is 13.8. The molecule has 2 unspecified atom stereocenters. The van der Waals surface area contributed by atoms with Crippen LogP contribution in [0.25, 0.3) is 0 Å². The van der Waals surface area contributed by atoms with E-state index in [-0.39, 0.29) is 6.04 Å². The Hall–Kier alpha value is -0.930. The van der Waals surface area contributed by atoms with Gasteiger partial charge in [-0.3, -0.25) is 0 Å². The molecule has 0 aliphatic rings. The Kier molecular flexibility index (Phi) is 7.91. The SMILES string of the molecule is CCCCC(CC)C(NC)c1cc(OC)c(OC)cc1Cl. The molecule has 3 nitrogen and oxygen atoms in total. The summed E-state index contributed by atoms with van der Waals surface area (Å²) in [7, 11) is 5.27. The molecule has 1 aromatic carbocycles. The van der Waals surface area contributed by atoms with Crippen molar-refractivity contribution in [3.05, 3.63) is 22.7 Å². The van der Waals surface area contributed by atoms with Gasteiger partial charge >= 0.3 is 0 Å². The number of unbranched alkanes of at least 4 members (excludes halogenated alkanes) is 1. The second kappa shape index (κ2) is 9.16. The van der Waals surface area contributed by atoms with Crippen LogP contribution in [0.1, 0.15) is 51.1 Å². The third-order valence-electron chi connectivity index (χ3n) is 4.07. The van der Waals surface area contributed by atoms with Crippen LogP contribution in [0.4, 0.5) is 0 Å². The van der Waals surface area contributed by atoms with Gasteiger partial charge in [0.1, 0.15) is 0 Å². The highest BCUT2D eigenvalue weighted by Crippen LogP contribution is 2.39. The lowest BCUT2D eigenvalue weighted by atomic mass is 9.86. The first-order valence-electron chi connectivity index (χ1n) is 7.71. The lowest BCUT2D eigenvalue weighted by molar-refractivity contribution is 0.332. The van der Waals surface area contributed by atoms with Gasteiger partial charge in [-0.05, 0) is 31.0 Å². The maximum absolute atomic E-state index is 6.47. The molecular weight excluding hydrogens is 286 g/mol. The van der Waals surface area contributed by atoms with Crippen LogP contribution in [0.3, 0.4) is 0 Å². The standard InChI is InChI=1S/C17H28ClNO2/c1-6-8-9-12(7-2)17(19-3)13-10-15(20-4)16(21-5)11-14(13)18/h10-12,17,19H,6-9H2,1-5H3. The van der Waals surface area contributed by atoms with Gasteiger partial charge in [0.15, 0.2) is 11.5 Å². The molecule has 0 heterocycles. The van der Waals surface area contributed by atoms with Gasteiger partial charge in [-0.2, -0.15) is 0 Å². The summed E-state index contributed by atoms with van der Waals surface area (Å²) >= 11 is 6.47. The monoisotopic (exact) mass is 313 g/mol. The number of halogens is 1. The van der Waals surface area contributed by atoms with Crippen LogP contribution in [0.5, 0.6) is 11.5 Å². The van der Waals surface area contributed by atoms with Crippen molar-refractivity contribution in [2.45, 2.75) is 45.6 Å². The molecule has 0 spiro atoms. The highest BCUT2D eigenvalue weighted by atomic mass is 35.5. The number of methoxy groups -OCH3 is 2. The molecule has 120 valence electrons.